The summed E-state index contributed by atoms with van der Waals surface area (Å²) in [6, 6.07) is 0.0735. The van der Waals surface area contributed by atoms with Crippen LogP contribution in [0.4, 0.5) is 0 Å². The van der Waals surface area contributed by atoms with Crippen molar-refractivity contribution in [2.24, 2.45) is 11.5 Å². The Balaban J connectivity index is 3.01. The van der Waals surface area contributed by atoms with Gasteiger partial charge in [0.25, 0.3) is 0 Å². The molecule has 1 atom stereocenters. The molecule has 1 unspecified atom stereocenters. The summed E-state index contributed by atoms with van der Waals surface area (Å²) in [5, 5.41) is 2.78. The summed E-state index contributed by atoms with van der Waals surface area (Å²) in [7, 11) is 0. The summed E-state index contributed by atoms with van der Waals surface area (Å²) in [5.41, 5.74) is 10.2. The predicted octanol–water partition coefficient (Wildman–Crippen LogP) is -1.59. The van der Waals surface area contributed by atoms with Crippen LogP contribution < -0.4 is 16.8 Å². The van der Waals surface area contributed by atoms with Gasteiger partial charge in [-0.05, 0) is 6.92 Å². The molecule has 0 saturated carbocycles. The van der Waals surface area contributed by atoms with Crippen LogP contribution >= 0.6 is 0 Å². The summed E-state index contributed by atoms with van der Waals surface area (Å²) in [5.74, 6) is -0.351. The van der Waals surface area contributed by atoms with Gasteiger partial charge in [0, 0.05) is 12.6 Å². The van der Waals surface area contributed by atoms with Gasteiger partial charge in [0.05, 0.1) is 6.54 Å². The fourth-order valence-corrected chi connectivity index (χ4v) is 0.423. The van der Waals surface area contributed by atoms with E-state index in [2.05, 4.69) is 5.32 Å². The number of nitrogens with one attached hydrogen (secondary N) is 1. The predicted molar refractivity (Wildman–Crippen MR) is 35.7 cm³/mol. The number of carbonyl (C=O) groups excluding carboxylic acids is 1. The molecule has 0 aromatic heterocycles. The average Bonchev–Trinajstić information content (AvgIpc) is 1.63. The largest absolute Gasteiger partial charge is 0.369 e. The Hall–Kier alpha value is -0.610. The molecule has 0 aliphatic carbocycles. The summed E-state index contributed by atoms with van der Waals surface area (Å²) in [4.78, 5) is 10.1. The van der Waals surface area contributed by atoms with Crippen molar-refractivity contribution in [3.8, 4) is 0 Å². The highest BCUT2D eigenvalue weighted by Crippen LogP contribution is 1.67. The third kappa shape index (κ3) is 7.39. The molecule has 0 heterocycles. The monoisotopic (exact) mass is 131 g/mol. The first-order chi connectivity index (χ1) is 4.13. The van der Waals surface area contributed by atoms with Crippen LogP contribution in [0.25, 0.3) is 0 Å². The van der Waals surface area contributed by atoms with Crippen LogP contribution in [0.5, 0.6) is 0 Å². The molecule has 0 rings (SSSR count). The van der Waals surface area contributed by atoms with E-state index in [0.29, 0.717) is 6.54 Å². The Morgan fingerprint density at radius 1 is 1.78 bits per heavy atom. The van der Waals surface area contributed by atoms with E-state index >= 15 is 0 Å². The first kappa shape index (κ1) is 8.39. The highest BCUT2D eigenvalue weighted by Gasteiger charge is 1.94. The minimum Gasteiger partial charge on any atom is -0.369 e. The minimum absolute atomic E-state index is 0.0735. The summed E-state index contributed by atoms with van der Waals surface area (Å²) in [6.45, 7) is 2.69. The van der Waals surface area contributed by atoms with Crippen LogP contribution in [-0.2, 0) is 4.79 Å². The molecule has 0 aliphatic rings. The van der Waals surface area contributed by atoms with E-state index in [0.717, 1.165) is 0 Å². The molecule has 0 saturated heterocycles. The van der Waals surface area contributed by atoms with E-state index in [1.165, 1.54) is 0 Å². The second-order valence-corrected chi connectivity index (χ2v) is 2.07. The van der Waals surface area contributed by atoms with E-state index in [1.54, 1.807) is 0 Å². The molecule has 4 nitrogen and oxygen atoms in total. The van der Waals surface area contributed by atoms with Gasteiger partial charge in [-0.25, -0.2) is 0 Å². The van der Waals surface area contributed by atoms with Gasteiger partial charge >= 0.3 is 0 Å². The van der Waals surface area contributed by atoms with E-state index in [-0.39, 0.29) is 18.5 Å². The van der Waals surface area contributed by atoms with Gasteiger partial charge in [-0.1, -0.05) is 0 Å². The molecule has 0 radical (unpaired) electrons. The zero-order chi connectivity index (χ0) is 7.28. The highest BCUT2D eigenvalue weighted by atomic mass is 16.1. The lowest BCUT2D eigenvalue weighted by atomic mass is 10.3. The maximum absolute atomic E-state index is 10.1. The molecular weight excluding hydrogens is 118 g/mol. The molecule has 0 bridgehead atoms. The molecule has 0 aromatic rings. The normalized spacial score (nSPS) is 13.1. The standard InChI is InChI=1S/C5H13N3O/c1-4(6)2-8-3-5(7)9/h4,8H,2-3,6H2,1H3,(H2,7,9). The molecule has 0 aliphatic heterocycles. The van der Waals surface area contributed by atoms with Gasteiger partial charge in [-0.15, -0.1) is 0 Å². The molecular formula is C5H13N3O. The number of hydrogen-bond donors (Lipinski definition) is 3. The molecule has 54 valence electrons. The highest BCUT2D eigenvalue weighted by molar-refractivity contribution is 5.75. The van der Waals surface area contributed by atoms with Crippen LogP contribution in [0.15, 0.2) is 0 Å². The minimum atomic E-state index is -0.351. The van der Waals surface area contributed by atoms with Crippen molar-refractivity contribution >= 4 is 5.91 Å². The Kier molecular flexibility index (Phi) is 4.00. The van der Waals surface area contributed by atoms with Crippen molar-refractivity contribution in [1.29, 1.82) is 0 Å². The lowest BCUT2D eigenvalue weighted by Crippen LogP contribution is -2.36. The van der Waals surface area contributed by atoms with Crippen molar-refractivity contribution in [2.45, 2.75) is 13.0 Å². The van der Waals surface area contributed by atoms with Gasteiger partial charge in [-0.2, -0.15) is 0 Å². The van der Waals surface area contributed by atoms with Crippen molar-refractivity contribution in [3.63, 3.8) is 0 Å². The molecule has 9 heavy (non-hydrogen) atoms. The van der Waals surface area contributed by atoms with E-state index in [4.69, 9.17) is 11.5 Å². The van der Waals surface area contributed by atoms with Crippen LogP contribution in [-0.4, -0.2) is 25.0 Å². The van der Waals surface area contributed by atoms with Crippen LogP contribution in [0.1, 0.15) is 6.92 Å². The number of nitrogens with two attached hydrogens (primary N) is 2. The van der Waals surface area contributed by atoms with Gasteiger partial charge < -0.3 is 16.8 Å². The van der Waals surface area contributed by atoms with Crippen LogP contribution in [0.3, 0.4) is 0 Å². The quantitative estimate of drug-likeness (QED) is 0.430. The third-order valence-electron chi connectivity index (χ3n) is 0.766. The Morgan fingerprint density at radius 3 is 2.67 bits per heavy atom. The zero-order valence-corrected chi connectivity index (χ0v) is 5.55. The van der Waals surface area contributed by atoms with Crippen LogP contribution in [0, 0.1) is 0 Å². The van der Waals surface area contributed by atoms with Crippen molar-refractivity contribution in [2.75, 3.05) is 13.1 Å². The Morgan fingerprint density at radius 2 is 2.33 bits per heavy atom. The molecule has 0 fully saturated rings. The zero-order valence-electron chi connectivity index (χ0n) is 5.55. The Labute approximate surface area is 54.6 Å². The summed E-state index contributed by atoms with van der Waals surface area (Å²) in [6.07, 6.45) is 0. The van der Waals surface area contributed by atoms with Crippen LogP contribution in [0.2, 0.25) is 0 Å². The first-order valence-corrected chi connectivity index (χ1v) is 2.87. The van der Waals surface area contributed by atoms with Crippen molar-refractivity contribution in [3.05, 3.63) is 0 Å². The second kappa shape index (κ2) is 4.29. The lowest BCUT2D eigenvalue weighted by Gasteiger charge is -2.03. The maximum atomic E-state index is 10.1. The molecule has 5 N–H and O–H groups in total. The van der Waals surface area contributed by atoms with E-state index < -0.39 is 0 Å². The number of hydrogen-bond acceptors (Lipinski definition) is 3. The summed E-state index contributed by atoms with van der Waals surface area (Å²) >= 11 is 0. The third-order valence-corrected chi connectivity index (χ3v) is 0.766. The molecule has 1 amide bonds. The van der Waals surface area contributed by atoms with Crippen molar-refractivity contribution < 1.29 is 4.79 Å². The van der Waals surface area contributed by atoms with Gasteiger partial charge in [0.15, 0.2) is 0 Å². The number of primary amides is 1. The molecule has 0 spiro atoms. The maximum Gasteiger partial charge on any atom is 0.231 e. The Bertz CT molecular complexity index is 92.2. The topological polar surface area (TPSA) is 81.1 Å². The molecule has 4 heteroatoms. The lowest BCUT2D eigenvalue weighted by molar-refractivity contribution is -0.117. The van der Waals surface area contributed by atoms with E-state index in [1.807, 2.05) is 6.92 Å². The molecule has 0 aromatic carbocycles. The summed E-state index contributed by atoms with van der Waals surface area (Å²) < 4.78 is 0. The second-order valence-electron chi connectivity index (χ2n) is 2.07. The van der Waals surface area contributed by atoms with Gasteiger partial charge in [-0.3, -0.25) is 4.79 Å². The smallest absolute Gasteiger partial charge is 0.231 e. The fraction of sp³-hybridized carbons (Fsp3) is 0.800. The number of amides is 1. The number of rotatable bonds is 4. The van der Waals surface area contributed by atoms with E-state index in [9.17, 15) is 4.79 Å². The SMILES string of the molecule is CC(N)CNCC(N)=O. The first-order valence-electron chi connectivity index (χ1n) is 2.87. The number of carbonyl (C=O) groups is 1. The average molecular weight is 131 g/mol. The van der Waals surface area contributed by atoms with Gasteiger partial charge in [0.2, 0.25) is 5.91 Å². The van der Waals surface area contributed by atoms with Gasteiger partial charge in [0.1, 0.15) is 0 Å². The fourth-order valence-electron chi connectivity index (χ4n) is 0.423. The van der Waals surface area contributed by atoms with Crippen molar-refractivity contribution in [1.82, 2.24) is 5.32 Å².